The van der Waals surface area contributed by atoms with E-state index in [4.69, 9.17) is 15.0 Å². The number of rotatable bonds is 7. The lowest BCUT2D eigenvalue weighted by Gasteiger charge is -2.17. The molecule has 6 nitrogen and oxygen atoms in total. The second-order valence-corrected chi connectivity index (χ2v) is 14.5. The summed E-state index contributed by atoms with van der Waals surface area (Å²) in [4.78, 5) is 15.3. The molecule has 0 atom stereocenters. The van der Waals surface area contributed by atoms with E-state index in [0.717, 1.165) is 77.6 Å². The normalized spacial score (nSPS) is 11.1. The van der Waals surface area contributed by atoms with E-state index < -0.39 is 0 Å². The predicted octanol–water partition coefficient (Wildman–Crippen LogP) is 12.9. The molecule has 0 aliphatic heterocycles. The minimum Gasteiger partial charge on any atom is -0.308 e. The number of halogens is 1. The molecule has 0 bridgehead atoms. The van der Waals surface area contributed by atoms with Crippen molar-refractivity contribution in [1.29, 1.82) is 10.5 Å². The van der Waals surface area contributed by atoms with Crippen molar-refractivity contribution in [1.82, 2.24) is 19.5 Å². The Balaban J connectivity index is 1.26. The highest BCUT2D eigenvalue weighted by Crippen LogP contribution is 2.41. The van der Waals surface area contributed by atoms with E-state index in [1.165, 1.54) is 12.1 Å². The van der Waals surface area contributed by atoms with Gasteiger partial charge in [-0.2, -0.15) is 10.5 Å². The molecule has 2 aromatic heterocycles. The van der Waals surface area contributed by atoms with Crippen LogP contribution in [-0.4, -0.2) is 19.5 Å². The molecule has 0 aliphatic carbocycles. The fourth-order valence-electron chi connectivity index (χ4n) is 7.77. The van der Waals surface area contributed by atoms with Gasteiger partial charge in [-0.15, -0.1) is 0 Å². The average Bonchev–Trinajstić information content (AvgIpc) is 3.65. The summed E-state index contributed by atoms with van der Waals surface area (Å²) in [7, 11) is 0. The Bertz CT molecular complexity index is 3140. The molecular formula is C53H31FN6. The van der Waals surface area contributed by atoms with Gasteiger partial charge in [0, 0.05) is 27.5 Å². The van der Waals surface area contributed by atoms with Gasteiger partial charge in [0.1, 0.15) is 5.82 Å². The second kappa shape index (κ2) is 15.1. The van der Waals surface area contributed by atoms with Crippen LogP contribution in [-0.2, 0) is 0 Å². The highest BCUT2D eigenvalue weighted by Gasteiger charge is 2.21. The molecule has 7 heteroatoms. The van der Waals surface area contributed by atoms with Crippen LogP contribution in [0.2, 0.25) is 0 Å². The first kappa shape index (κ1) is 35.9. The molecule has 0 N–H and O–H groups in total. The Labute approximate surface area is 345 Å². The lowest BCUT2D eigenvalue weighted by Crippen LogP contribution is -2.04. The Hall–Kier alpha value is -8.52. The first-order valence-corrected chi connectivity index (χ1v) is 19.4. The lowest BCUT2D eigenvalue weighted by atomic mass is 9.99. The van der Waals surface area contributed by atoms with Crippen molar-refractivity contribution < 1.29 is 4.39 Å². The van der Waals surface area contributed by atoms with Crippen molar-refractivity contribution >= 4 is 21.8 Å². The average molecular weight is 771 g/mol. The van der Waals surface area contributed by atoms with Crippen molar-refractivity contribution in [3.8, 4) is 85.4 Å². The van der Waals surface area contributed by atoms with E-state index in [0.29, 0.717) is 28.6 Å². The summed E-state index contributed by atoms with van der Waals surface area (Å²) >= 11 is 0. The third-order valence-corrected chi connectivity index (χ3v) is 10.8. The Morgan fingerprint density at radius 1 is 0.383 bits per heavy atom. The first-order valence-electron chi connectivity index (χ1n) is 19.4. The first-order chi connectivity index (χ1) is 29.5. The Morgan fingerprint density at radius 3 is 1.25 bits per heavy atom. The minimum absolute atomic E-state index is 0.304. The van der Waals surface area contributed by atoms with Crippen LogP contribution < -0.4 is 0 Å². The third-order valence-electron chi connectivity index (χ3n) is 10.8. The van der Waals surface area contributed by atoms with Gasteiger partial charge in [-0.05, 0) is 106 Å². The summed E-state index contributed by atoms with van der Waals surface area (Å²) in [6, 6.07) is 65.1. The zero-order chi connectivity index (χ0) is 40.6. The second-order valence-electron chi connectivity index (χ2n) is 14.5. The molecule has 0 spiro atoms. The van der Waals surface area contributed by atoms with Crippen molar-refractivity contribution in [3.63, 3.8) is 0 Å². The highest BCUT2D eigenvalue weighted by molar-refractivity contribution is 6.12. The summed E-state index contributed by atoms with van der Waals surface area (Å²) in [6.45, 7) is 0. The van der Waals surface area contributed by atoms with Crippen LogP contribution in [0.25, 0.3) is 95.0 Å². The molecule has 10 rings (SSSR count). The van der Waals surface area contributed by atoms with Crippen LogP contribution in [0.15, 0.2) is 188 Å². The predicted molar refractivity (Wildman–Crippen MR) is 236 cm³/mol. The van der Waals surface area contributed by atoms with Crippen LogP contribution in [0, 0.1) is 28.5 Å². The SMILES string of the molecule is N#Cc1ccc(-c2ccc3c(c2)c2cc(-c4ccc(C#N)cc4)ccc2n3-c2cc(-c3ccc(F)cc3)ccc2-c2nc(-c3ccccc3)nc(-c3ccccc3)n2)cc1. The number of aromatic nitrogens is 4. The highest BCUT2D eigenvalue weighted by atomic mass is 19.1. The molecule has 0 unspecified atom stereocenters. The topological polar surface area (TPSA) is 91.2 Å². The molecule has 10 aromatic rings. The minimum atomic E-state index is -0.304. The fourth-order valence-corrected chi connectivity index (χ4v) is 7.77. The monoisotopic (exact) mass is 770 g/mol. The summed E-state index contributed by atoms with van der Waals surface area (Å²) in [5.74, 6) is 1.30. The maximum atomic E-state index is 14.2. The standard InChI is InChI=1S/C53H31FN6/c54-44-24-19-38(20-25-44)43-21-26-45(53-58-51(39-7-3-1-4-8-39)57-52(59-53)40-9-5-2-6-10-40)50(31-43)60-48-27-22-41(36-15-11-34(32-55)12-16-36)29-46(48)47-30-42(23-28-49(47)60)37-17-13-35(33-56)14-18-37/h1-31H. The largest absolute Gasteiger partial charge is 0.308 e. The third kappa shape index (κ3) is 6.63. The van der Waals surface area contributed by atoms with Gasteiger partial charge in [-0.3, -0.25) is 0 Å². The Morgan fingerprint density at radius 2 is 0.783 bits per heavy atom. The van der Waals surface area contributed by atoms with E-state index >= 15 is 0 Å². The summed E-state index contributed by atoms with van der Waals surface area (Å²) in [6.07, 6.45) is 0. The van der Waals surface area contributed by atoms with Gasteiger partial charge in [-0.25, -0.2) is 19.3 Å². The number of nitriles is 2. The van der Waals surface area contributed by atoms with Crippen molar-refractivity contribution in [2.45, 2.75) is 0 Å². The summed E-state index contributed by atoms with van der Waals surface area (Å²) in [5, 5.41) is 21.0. The van der Waals surface area contributed by atoms with Gasteiger partial charge in [0.2, 0.25) is 0 Å². The van der Waals surface area contributed by atoms with Gasteiger partial charge in [0.05, 0.1) is 40.0 Å². The number of fused-ring (bicyclic) bond motifs is 3. The molecule has 0 fully saturated rings. The van der Waals surface area contributed by atoms with Gasteiger partial charge in [0.15, 0.2) is 17.5 Å². The van der Waals surface area contributed by atoms with Crippen molar-refractivity contribution in [2.75, 3.05) is 0 Å². The van der Waals surface area contributed by atoms with Gasteiger partial charge < -0.3 is 4.57 Å². The smallest absolute Gasteiger partial charge is 0.166 e. The quantitative estimate of drug-likeness (QED) is 0.161. The van der Waals surface area contributed by atoms with Crippen LogP contribution in [0.5, 0.6) is 0 Å². The molecule has 60 heavy (non-hydrogen) atoms. The molecular weight excluding hydrogens is 740 g/mol. The molecule has 0 amide bonds. The van der Waals surface area contributed by atoms with E-state index in [1.807, 2.05) is 121 Å². The molecule has 0 aliphatic rings. The molecule has 280 valence electrons. The maximum absolute atomic E-state index is 14.2. The van der Waals surface area contributed by atoms with E-state index in [1.54, 1.807) is 12.1 Å². The molecule has 0 saturated heterocycles. The zero-order valence-electron chi connectivity index (χ0n) is 32.0. The van der Waals surface area contributed by atoms with Gasteiger partial charge in [0.25, 0.3) is 0 Å². The van der Waals surface area contributed by atoms with Crippen LogP contribution in [0.1, 0.15) is 11.1 Å². The summed E-state index contributed by atoms with van der Waals surface area (Å²) < 4.78 is 16.5. The molecule has 8 aromatic carbocycles. The van der Waals surface area contributed by atoms with E-state index in [9.17, 15) is 14.9 Å². The lowest BCUT2D eigenvalue weighted by molar-refractivity contribution is 0.628. The van der Waals surface area contributed by atoms with E-state index in [2.05, 4.69) is 59.2 Å². The molecule has 0 saturated carbocycles. The Kier molecular flexibility index (Phi) is 9.02. The number of benzene rings is 8. The van der Waals surface area contributed by atoms with Gasteiger partial charge >= 0.3 is 0 Å². The van der Waals surface area contributed by atoms with Crippen LogP contribution >= 0.6 is 0 Å². The number of hydrogen-bond acceptors (Lipinski definition) is 5. The van der Waals surface area contributed by atoms with Crippen molar-refractivity contribution in [2.24, 2.45) is 0 Å². The number of nitrogens with zero attached hydrogens (tertiary/aromatic N) is 6. The number of hydrogen-bond donors (Lipinski definition) is 0. The van der Waals surface area contributed by atoms with E-state index in [-0.39, 0.29) is 5.82 Å². The van der Waals surface area contributed by atoms with Crippen LogP contribution in [0.4, 0.5) is 4.39 Å². The summed E-state index contributed by atoms with van der Waals surface area (Å²) in [5.41, 5.74) is 12.2. The van der Waals surface area contributed by atoms with Crippen molar-refractivity contribution in [3.05, 3.63) is 205 Å². The molecule has 0 radical (unpaired) electrons. The fraction of sp³-hybridized carbons (Fsp3) is 0. The zero-order valence-corrected chi connectivity index (χ0v) is 32.0. The molecule has 2 heterocycles. The van der Waals surface area contributed by atoms with Gasteiger partial charge in [-0.1, -0.05) is 115 Å². The van der Waals surface area contributed by atoms with Crippen LogP contribution in [0.3, 0.4) is 0 Å². The maximum Gasteiger partial charge on any atom is 0.166 e.